The van der Waals surface area contributed by atoms with Gasteiger partial charge < -0.3 is 14.2 Å². The summed E-state index contributed by atoms with van der Waals surface area (Å²) in [5.74, 6) is 1.87. The third-order valence-corrected chi connectivity index (χ3v) is 3.19. The highest BCUT2D eigenvalue weighted by atomic mass is 16.6. The van der Waals surface area contributed by atoms with Crippen molar-refractivity contribution in [1.29, 1.82) is 0 Å². The number of methoxy groups -OCH3 is 1. The van der Waals surface area contributed by atoms with Crippen LogP contribution in [0.1, 0.15) is 12.8 Å². The van der Waals surface area contributed by atoms with Gasteiger partial charge in [0.15, 0.2) is 5.75 Å². The lowest BCUT2D eigenvalue weighted by Crippen LogP contribution is -2.03. The second-order valence-electron chi connectivity index (χ2n) is 4.80. The third-order valence-electron chi connectivity index (χ3n) is 3.19. The van der Waals surface area contributed by atoms with Gasteiger partial charge in [-0.3, -0.25) is 10.1 Å². The van der Waals surface area contributed by atoms with E-state index in [1.807, 2.05) is 24.3 Å². The minimum atomic E-state index is -0.442. The molecule has 0 saturated carbocycles. The molecule has 2 aromatic carbocycles. The van der Waals surface area contributed by atoms with Gasteiger partial charge in [-0.05, 0) is 43.2 Å². The van der Waals surface area contributed by atoms with E-state index < -0.39 is 4.92 Å². The zero-order valence-corrected chi connectivity index (χ0v) is 12.9. The van der Waals surface area contributed by atoms with E-state index in [4.69, 9.17) is 14.2 Å². The molecular formula is C17H19NO5. The highest BCUT2D eigenvalue weighted by Gasteiger charge is 2.12. The molecule has 6 nitrogen and oxygen atoms in total. The van der Waals surface area contributed by atoms with Crippen molar-refractivity contribution in [3.63, 3.8) is 0 Å². The Labute approximate surface area is 134 Å². The van der Waals surface area contributed by atoms with E-state index in [2.05, 4.69) is 0 Å². The summed E-state index contributed by atoms with van der Waals surface area (Å²) >= 11 is 0. The minimum Gasteiger partial charge on any atom is -0.497 e. The van der Waals surface area contributed by atoms with Crippen molar-refractivity contribution in [3.8, 4) is 17.2 Å². The summed E-state index contributed by atoms with van der Waals surface area (Å²) in [5, 5.41) is 10.9. The first kappa shape index (κ1) is 16.6. The summed E-state index contributed by atoms with van der Waals surface area (Å²) < 4.78 is 16.1. The van der Waals surface area contributed by atoms with Gasteiger partial charge in [-0.2, -0.15) is 0 Å². The summed E-state index contributed by atoms with van der Waals surface area (Å²) in [4.78, 5) is 10.4. The van der Waals surface area contributed by atoms with Crippen LogP contribution in [-0.2, 0) is 0 Å². The number of rotatable bonds is 9. The van der Waals surface area contributed by atoms with E-state index >= 15 is 0 Å². The second kappa shape index (κ2) is 8.63. The molecule has 0 unspecified atom stereocenters. The standard InChI is InChI=1S/C17H19NO5/c1-21-14-8-10-15(11-9-14)22-12-4-5-13-23-17-7-3-2-6-16(17)18(19)20/h2-3,6-11H,4-5,12-13H2,1H3. The van der Waals surface area contributed by atoms with Crippen molar-refractivity contribution in [2.45, 2.75) is 12.8 Å². The monoisotopic (exact) mass is 317 g/mol. The van der Waals surface area contributed by atoms with Gasteiger partial charge in [0.05, 0.1) is 25.2 Å². The van der Waals surface area contributed by atoms with E-state index in [9.17, 15) is 10.1 Å². The number of unbranched alkanes of at least 4 members (excludes halogenated alkanes) is 1. The molecule has 2 rings (SSSR count). The van der Waals surface area contributed by atoms with Gasteiger partial charge in [0.1, 0.15) is 11.5 Å². The Kier molecular flexibility index (Phi) is 6.23. The molecule has 2 aromatic rings. The van der Waals surface area contributed by atoms with Crippen LogP contribution in [0.15, 0.2) is 48.5 Å². The summed E-state index contributed by atoms with van der Waals surface area (Å²) in [6.07, 6.45) is 1.55. The lowest BCUT2D eigenvalue weighted by Gasteiger charge is -2.08. The molecule has 0 fully saturated rings. The average Bonchev–Trinajstić information content (AvgIpc) is 2.58. The Morgan fingerprint density at radius 3 is 2.17 bits per heavy atom. The molecule has 0 bridgehead atoms. The number of nitro benzene ring substituents is 1. The van der Waals surface area contributed by atoms with Crippen molar-refractivity contribution >= 4 is 5.69 Å². The second-order valence-corrected chi connectivity index (χ2v) is 4.80. The Bertz CT molecular complexity index is 627. The van der Waals surface area contributed by atoms with Crippen molar-refractivity contribution < 1.29 is 19.1 Å². The highest BCUT2D eigenvalue weighted by Crippen LogP contribution is 2.25. The van der Waals surface area contributed by atoms with Crippen LogP contribution in [0.5, 0.6) is 17.2 Å². The molecule has 0 heterocycles. The Hall–Kier alpha value is -2.76. The fourth-order valence-electron chi connectivity index (χ4n) is 1.98. The van der Waals surface area contributed by atoms with Gasteiger partial charge in [0, 0.05) is 6.07 Å². The van der Waals surface area contributed by atoms with Crippen LogP contribution in [0.4, 0.5) is 5.69 Å². The smallest absolute Gasteiger partial charge is 0.310 e. The molecule has 0 aliphatic heterocycles. The Morgan fingerprint density at radius 2 is 1.52 bits per heavy atom. The molecule has 0 amide bonds. The summed E-state index contributed by atoms with van der Waals surface area (Å²) in [6.45, 7) is 0.976. The van der Waals surface area contributed by atoms with Gasteiger partial charge in [-0.1, -0.05) is 12.1 Å². The van der Waals surface area contributed by atoms with E-state index in [-0.39, 0.29) is 5.69 Å². The molecule has 0 N–H and O–H groups in total. The first-order valence-electron chi connectivity index (χ1n) is 7.34. The van der Waals surface area contributed by atoms with Crippen molar-refractivity contribution in [2.75, 3.05) is 20.3 Å². The Morgan fingerprint density at radius 1 is 0.913 bits per heavy atom. The topological polar surface area (TPSA) is 70.8 Å². The van der Waals surface area contributed by atoms with Crippen LogP contribution in [-0.4, -0.2) is 25.2 Å². The van der Waals surface area contributed by atoms with E-state index in [0.29, 0.717) is 19.0 Å². The molecule has 0 atom stereocenters. The summed E-state index contributed by atoms with van der Waals surface area (Å²) in [6, 6.07) is 13.8. The van der Waals surface area contributed by atoms with Crippen LogP contribution >= 0.6 is 0 Å². The zero-order chi connectivity index (χ0) is 16.5. The predicted molar refractivity (Wildman–Crippen MR) is 86.3 cm³/mol. The number of para-hydroxylation sites is 2. The number of benzene rings is 2. The normalized spacial score (nSPS) is 10.1. The van der Waals surface area contributed by atoms with Gasteiger partial charge in [0.2, 0.25) is 0 Å². The van der Waals surface area contributed by atoms with Crippen LogP contribution in [0.25, 0.3) is 0 Å². The molecule has 122 valence electrons. The maximum absolute atomic E-state index is 10.9. The van der Waals surface area contributed by atoms with Gasteiger partial charge in [0.25, 0.3) is 0 Å². The highest BCUT2D eigenvalue weighted by molar-refractivity contribution is 5.45. The van der Waals surface area contributed by atoms with Gasteiger partial charge in [-0.15, -0.1) is 0 Å². The first-order chi connectivity index (χ1) is 11.2. The fraction of sp³-hybridized carbons (Fsp3) is 0.294. The lowest BCUT2D eigenvalue weighted by molar-refractivity contribution is -0.385. The predicted octanol–water partition coefficient (Wildman–Crippen LogP) is 3.84. The molecule has 0 saturated heterocycles. The maximum Gasteiger partial charge on any atom is 0.310 e. The maximum atomic E-state index is 10.9. The largest absolute Gasteiger partial charge is 0.497 e. The van der Waals surface area contributed by atoms with Crippen LogP contribution in [0, 0.1) is 10.1 Å². The number of hydrogen-bond donors (Lipinski definition) is 0. The van der Waals surface area contributed by atoms with Gasteiger partial charge >= 0.3 is 5.69 Å². The van der Waals surface area contributed by atoms with Gasteiger partial charge in [-0.25, -0.2) is 0 Å². The molecular weight excluding hydrogens is 298 g/mol. The first-order valence-corrected chi connectivity index (χ1v) is 7.34. The molecule has 6 heteroatoms. The number of nitro groups is 1. The third kappa shape index (κ3) is 5.18. The number of ether oxygens (including phenoxy) is 3. The summed E-state index contributed by atoms with van der Waals surface area (Å²) in [7, 11) is 1.62. The molecule has 0 aliphatic carbocycles. The van der Waals surface area contributed by atoms with Crippen LogP contribution in [0.3, 0.4) is 0 Å². The Balaban J connectivity index is 1.67. The number of nitrogens with zero attached hydrogens (tertiary/aromatic N) is 1. The summed E-state index contributed by atoms with van der Waals surface area (Å²) in [5.41, 5.74) is -0.0121. The molecule has 0 aliphatic rings. The molecule has 0 spiro atoms. The minimum absolute atomic E-state index is 0.0121. The van der Waals surface area contributed by atoms with Crippen LogP contribution < -0.4 is 14.2 Å². The van der Waals surface area contributed by atoms with E-state index in [0.717, 1.165) is 24.3 Å². The fourth-order valence-corrected chi connectivity index (χ4v) is 1.98. The van der Waals surface area contributed by atoms with E-state index in [1.54, 1.807) is 25.3 Å². The quantitative estimate of drug-likeness (QED) is 0.399. The van der Waals surface area contributed by atoms with Crippen molar-refractivity contribution in [3.05, 3.63) is 58.6 Å². The lowest BCUT2D eigenvalue weighted by atomic mass is 10.3. The van der Waals surface area contributed by atoms with E-state index in [1.165, 1.54) is 6.07 Å². The average molecular weight is 317 g/mol. The molecule has 0 radical (unpaired) electrons. The van der Waals surface area contributed by atoms with Crippen LogP contribution in [0.2, 0.25) is 0 Å². The van der Waals surface area contributed by atoms with Crippen molar-refractivity contribution in [1.82, 2.24) is 0 Å². The van der Waals surface area contributed by atoms with Crippen molar-refractivity contribution in [2.24, 2.45) is 0 Å². The molecule has 0 aromatic heterocycles. The number of hydrogen-bond acceptors (Lipinski definition) is 5. The zero-order valence-electron chi connectivity index (χ0n) is 12.9. The SMILES string of the molecule is COc1ccc(OCCCCOc2ccccc2[N+](=O)[O-])cc1. The molecule has 23 heavy (non-hydrogen) atoms.